The van der Waals surface area contributed by atoms with E-state index in [0.29, 0.717) is 0 Å². The third-order valence-corrected chi connectivity index (χ3v) is 3.16. The molecule has 1 aromatic rings. The van der Waals surface area contributed by atoms with Gasteiger partial charge in [-0.15, -0.1) is 0 Å². The molecule has 17 heavy (non-hydrogen) atoms. The Morgan fingerprint density at radius 2 is 2.06 bits per heavy atom. The molecule has 0 amide bonds. The smallest absolute Gasteiger partial charge is 0.161 e. The number of aryl methyl sites for hydroxylation is 1. The van der Waals surface area contributed by atoms with E-state index < -0.39 is 0 Å². The molecule has 1 N–H and O–H groups in total. The lowest BCUT2D eigenvalue weighted by Crippen LogP contribution is -2.31. The average Bonchev–Trinajstić information content (AvgIpc) is 2.61. The average molecular weight is 235 g/mol. The van der Waals surface area contributed by atoms with Gasteiger partial charge in [-0.1, -0.05) is 6.07 Å². The van der Waals surface area contributed by atoms with Crippen LogP contribution in [0.1, 0.15) is 25.8 Å². The van der Waals surface area contributed by atoms with Crippen molar-refractivity contribution in [2.75, 3.05) is 13.7 Å². The zero-order valence-corrected chi connectivity index (χ0v) is 11.0. The number of hydrogen-bond donors (Lipinski definition) is 1. The van der Waals surface area contributed by atoms with E-state index in [1.165, 1.54) is 5.56 Å². The van der Waals surface area contributed by atoms with Crippen LogP contribution in [-0.4, -0.2) is 25.3 Å². The van der Waals surface area contributed by atoms with E-state index in [-0.39, 0.29) is 11.6 Å². The quantitative estimate of drug-likeness (QED) is 0.873. The zero-order chi connectivity index (χ0) is 12.5. The predicted octanol–water partition coefficient (Wildman–Crippen LogP) is 2.52. The zero-order valence-electron chi connectivity index (χ0n) is 11.0. The van der Waals surface area contributed by atoms with Gasteiger partial charge in [0.2, 0.25) is 0 Å². The first-order valence-corrected chi connectivity index (χ1v) is 6.06. The Balaban J connectivity index is 2.09. The minimum Gasteiger partial charge on any atom is -0.493 e. The van der Waals surface area contributed by atoms with Crippen molar-refractivity contribution in [2.24, 2.45) is 0 Å². The molecular weight excluding hydrogens is 214 g/mol. The van der Waals surface area contributed by atoms with E-state index in [2.05, 4.69) is 19.2 Å². The largest absolute Gasteiger partial charge is 0.493 e. The molecule has 0 radical (unpaired) electrons. The fourth-order valence-corrected chi connectivity index (χ4v) is 2.24. The fraction of sp³-hybridized carbons (Fsp3) is 0.571. The molecule has 1 aliphatic rings. The van der Waals surface area contributed by atoms with Crippen LogP contribution in [0.5, 0.6) is 11.5 Å². The number of ether oxygens (including phenoxy) is 2. The molecule has 1 aromatic carbocycles. The summed E-state index contributed by atoms with van der Waals surface area (Å²) < 4.78 is 11.3. The molecule has 3 heteroatoms. The summed E-state index contributed by atoms with van der Waals surface area (Å²) in [6, 6.07) is 6.04. The van der Waals surface area contributed by atoms with Gasteiger partial charge in [0.15, 0.2) is 11.5 Å². The van der Waals surface area contributed by atoms with E-state index in [1.54, 1.807) is 7.11 Å². The number of hydrogen-bond acceptors (Lipinski definition) is 3. The highest BCUT2D eigenvalue weighted by Gasteiger charge is 2.31. The summed E-state index contributed by atoms with van der Waals surface area (Å²) in [5, 5.41) is 3.45. The van der Waals surface area contributed by atoms with Crippen molar-refractivity contribution in [3.8, 4) is 11.5 Å². The van der Waals surface area contributed by atoms with E-state index in [0.717, 1.165) is 24.5 Å². The first-order valence-electron chi connectivity index (χ1n) is 6.06. The third kappa shape index (κ3) is 2.91. The second-order valence-electron chi connectivity index (χ2n) is 5.36. The van der Waals surface area contributed by atoms with Gasteiger partial charge in [-0.05, 0) is 38.5 Å². The molecule has 1 saturated heterocycles. The summed E-state index contributed by atoms with van der Waals surface area (Å²) in [7, 11) is 1.68. The lowest BCUT2D eigenvalue weighted by atomic mass is 10.0. The highest BCUT2D eigenvalue weighted by Crippen LogP contribution is 2.31. The van der Waals surface area contributed by atoms with E-state index in [1.807, 2.05) is 25.1 Å². The maximum absolute atomic E-state index is 6.00. The molecule has 1 aliphatic heterocycles. The molecule has 0 aliphatic carbocycles. The van der Waals surface area contributed by atoms with Crippen LogP contribution in [0.25, 0.3) is 0 Å². The van der Waals surface area contributed by atoms with Gasteiger partial charge in [-0.3, -0.25) is 0 Å². The lowest BCUT2D eigenvalue weighted by molar-refractivity contribution is 0.205. The molecule has 2 rings (SSSR count). The number of rotatable bonds is 3. The summed E-state index contributed by atoms with van der Waals surface area (Å²) in [6.45, 7) is 7.34. The Hall–Kier alpha value is -1.22. The highest BCUT2D eigenvalue weighted by atomic mass is 16.5. The monoisotopic (exact) mass is 235 g/mol. The van der Waals surface area contributed by atoms with Crippen molar-refractivity contribution in [3.63, 3.8) is 0 Å². The highest BCUT2D eigenvalue weighted by molar-refractivity contribution is 5.42. The summed E-state index contributed by atoms with van der Waals surface area (Å²) in [6.07, 6.45) is 1.24. The first kappa shape index (κ1) is 12.2. The van der Waals surface area contributed by atoms with Crippen molar-refractivity contribution in [2.45, 2.75) is 38.8 Å². The van der Waals surface area contributed by atoms with Gasteiger partial charge < -0.3 is 14.8 Å². The Labute approximate surface area is 103 Å². The van der Waals surface area contributed by atoms with E-state index in [4.69, 9.17) is 9.47 Å². The Bertz CT molecular complexity index is 401. The number of benzene rings is 1. The molecule has 0 spiro atoms. The van der Waals surface area contributed by atoms with Crippen molar-refractivity contribution in [3.05, 3.63) is 23.8 Å². The second-order valence-corrected chi connectivity index (χ2v) is 5.36. The second kappa shape index (κ2) is 4.57. The number of nitrogens with one attached hydrogen (secondary N) is 1. The predicted molar refractivity (Wildman–Crippen MR) is 68.8 cm³/mol. The Morgan fingerprint density at radius 3 is 2.65 bits per heavy atom. The fourth-order valence-electron chi connectivity index (χ4n) is 2.24. The van der Waals surface area contributed by atoms with Gasteiger partial charge in [-0.2, -0.15) is 0 Å². The van der Waals surface area contributed by atoms with Gasteiger partial charge in [0.25, 0.3) is 0 Å². The van der Waals surface area contributed by atoms with Gasteiger partial charge in [0, 0.05) is 18.5 Å². The normalized spacial score (nSPS) is 22.5. The van der Waals surface area contributed by atoms with Crippen molar-refractivity contribution < 1.29 is 9.47 Å². The molecule has 1 unspecified atom stereocenters. The van der Waals surface area contributed by atoms with Crippen LogP contribution >= 0.6 is 0 Å². The maximum atomic E-state index is 6.00. The van der Waals surface area contributed by atoms with Gasteiger partial charge >= 0.3 is 0 Å². The van der Waals surface area contributed by atoms with Crippen LogP contribution in [0.15, 0.2) is 18.2 Å². The van der Waals surface area contributed by atoms with Crippen LogP contribution in [0, 0.1) is 6.92 Å². The van der Waals surface area contributed by atoms with E-state index in [9.17, 15) is 0 Å². The maximum Gasteiger partial charge on any atom is 0.161 e. The lowest BCUT2D eigenvalue weighted by Gasteiger charge is -2.18. The van der Waals surface area contributed by atoms with Crippen LogP contribution in [0.3, 0.4) is 0 Å². The molecule has 3 nitrogen and oxygen atoms in total. The topological polar surface area (TPSA) is 30.5 Å². The summed E-state index contributed by atoms with van der Waals surface area (Å²) in [5.41, 5.74) is 1.35. The molecule has 0 bridgehead atoms. The Morgan fingerprint density at radius 1 is 1.29 bits per heavy atom. The molecule has 1 heterocycles. The van der Waals surface area contributed by atoms with Crippen LogP contribution in [0.4, 0.5) is 0 Å². The van der Waals surface area contributed by atoms with E-state index >= 15 is 0 Å². The van der Waals surface area contributed by atoms with Gasteiger partial charge in [-0.25, -0.2) is 0 Å². The summed E-state index contributed by atoms with van der Waals surface area (Å²) in [4.78, 5) is 0. The van der Waals surface area contributed by atoms with Crippen molar-refractivity contribution >= 4 is 0 Å². The van der Waals surface area contributed by atoms with Gasteiger partial charge in [0.1, 0.15) is 6.10 Å². The number of methoxy groups -OCH3 is 1. The SMILES string of the molecule is COc1cc(C)ccc1OC1CNC(C)(C)C1. The van der Waals surface area contributed by atoms with Crippen LogP contribution in [-0.2, 0) is 0 Å². The molecular formula is C14H21NO2. The molecule has 94 valence electrons. The van der Waals surface area contributed by atoms with Crippen molar-refractivity contribution in [1.29, 1.82) is 0 Å². The molecule has 0 aromatic heterocycles. The standard InChI is InChI=1S/C14H21NO2/c1-10-5-6-12(13(7-10)16-4)17-11-8-14(2,3)15-9-11/h5-7,11,15H,8-9H2,1-4H3. The molecule has 0 saturated carbocycles. The summed E-state index contributed by atoms with van der Waals surface area (Å²) in [5.74, 6) is 1.65. The Kier molecular flexibility index (Phi) is 3.29. The minimum atomic E-state index is 0.169. The van der Waals surface area contributed by atoms with Crippen molar-refractivity contribution in [1.82, 2.24) is 5.32 Å². The van der Waals surface area contributed by atoms with Crippen LogP contribution < -0.4 is 14.8 Å². The minimum absolute atomic E-state index is 0.169. The molecule has 1 atom stereocenters. The van der Waals surface area contributed by atoms with Crippen LogP contribution in [0.2, 0.25) is 0 Å². The third-order valence-electron chi connectivity index (χ3n) is 3.16. The molecule has 1 fully saturated rings. The first-order chi connectivity index (χ1) is 8.00. The summed E-state index contributed by atoms with van der Waals surface area (Å²) >= 11 is 0. The van der Waals surface area contributed by atoms with Gasteiger partial charge in [0.05, 0.1) is 7.11 Å².